The molecule has 2 fully saturated rings. The second-order valence-corrected chi connectivity index (χ2v) is 10.4. The van der Waals surface area contributed by atoms with Crippen LogP contribution in [0, 0.1) is 0 Å². The predicted molar refractivity (Wildman–Crippen MR) is 147 cm³/mol. The molecule has 10 atom stereocenters. The van der Waals surface area contributed by atoms with Crippen molar-refractivity contribution in [1.29, 1.82) is 0 Å². The molecule has 2 aliphatic heterocycles. The van der Waals surface area contributed by atoms with Gasteiger partial charge in [0.25, 0.3) is 0 Å². The summed E-state index contributed by atoms with van der Waals surface area (Å²) in [5, 5.41) is 82.2. The lowest BCUT2D eigenvalue weighted by Crippen LogP contribution is -2.62. The standard InChI is InChI=1S/C29H38O15/c1-39-15-10-16(27(40-2)22(34)19(15)14(31)9-8-13-6-4-3-5-7-13)42-29-26(38)24(36)21(33)18(44-29)12-41-28-25(37)23(35)20(32)17(11-30)43-28/h3-7,10,17-18,20-21,23-26,28-30,32-38H,8-9,11-12H2,1-2H3/t17?,18?,20-,21-,23+,24+,25?,26?,28-,29-/m1/s1. The van der Waals surface area contributed by atoms with Gasteiger partial charge in [-0.2, -0.15) is 0 Å². The van der Waals surface area contributed by atoms with E-state index in [1.54, 1.807) is 0 Å². The van der Waals surface area contributed by atoms with E-state index in [0.717, 1.165) is 5.56 Å². The van der Waals surface area contributed by atoms with Gasteiger partial charge >= 0.3 is 0 Å². The highest BCUT2D eigenvalue weighted by Gasteiger charge is 2.48. The summed E-state index contributed by atoms with van der Waals surface area (Å²) in [7, 11) is 2.48. The lowest BCUT2D eigenvalue weighted by atomic mass is 9.98. The molecule has 15 heteroatoms. The Morgan fingerprint density at radius 3 is 2.02 bits per heavy atom. The molecule has 0 amide bonds. The minimum absolute atomic E-state index is 0.0436. The smallest absolute Gasteiger partial charge is 0.229 e. The molecular formula is C29H38O15. The topological polar surface area (TPSA) is 234 Å². The first-order valence-corrected chi connectivity index (χ1v) is 13.9. The van der Waals surface area contributed by atoms with E-state index in [2.05, 4.69) is 0 Å². The van der Waals surface area contributed by atoms with Gasteiger partial charge in [0, 0.05) is 12.5 Å². The number of methoxy groups -OCH3 is 2. The van der Waals surface area contributed by atoms with E-state index < -0.39 is 86.2 Å². The van der Waals surface area contributed by atoms with Gasteiger partial charge in [0.2, 0.25) is 12.0 Å². The Morgan fingerprint density at radius 2 is 1.41 bits per heavy atom. The molecule has 4 rings (SSSR count). The van der Waals surface area contributed by atoms with Crippen molar-refractivity contribution in [2.75, 3.05) is 27.4 Å². The van der Waals surface area contributed by atoms with Gasteiger partial charge in [-0.05, 0) is 12.0 Å². The van der Waals surface area contributed by atoms with Crippen LogP contribution in [0.4, 0.5) is 0 Å². The van der Waals surface area contributed by atoms with E-state index in [-0.39, 0.29) is 29.2 Å². The summed E-state index contributed by atoms with van der Waals surface area (Å²) in [6, 6.07) is 10.5. The summed E-state index contributed by atoms with van der Waals surface area (Å²) in [5.41, 5.74) is 0.763. The molecule has 2 aromatic carbocycles. The van der Waals surface area contributed by atoms with Crippen molar-refractivity contribution < 1.29 is 74.1 Å². The first-order chi connectivity index (χ1) is 21.0. The van der Waals surface area contributed by atoms with Crippen molar-refractivity contribution in [2.45, 2.75) is 74.3 Å². The van der Waals surface area contributed by atoms with Crippen molar-refractivity contribution in [1.82, 2.24) is 0 Å². The van der Waals surface area contributed by atoms with Gasteiger partial charge in [0.05, 0.1) is 27.4 Å². The monoisotopic (exact) mass is 626 g/mol. The molecule has 2 saturated heterocycles. The second kappa shape index (κ2) is 14.8. The summed E-state index contributed by atoms with van der Waals surface area (Å²) < 4.78 is 32.7. The molecular weight excluding hydrogens is 588 g/mol. The van der Waals surface area contributed by atoms with Crippen molar-refractivity contribution in [2.24, 2.45) is 0 Å². The molecule has 0 aromatic heterocycles. The Bertz CT molecular complexity index is 1240. The Kier molecular flexibility index (Phi) is 11.4. The summed E-state index contributed by atoms with van der Waals surface area (Å²) in [4.78, 5) is 13.1. The van der Waals surface area contributed by atoms with Crippen LogP contribution in [0.3, 0.4) is 0 Å². The number of rotatable bonds is 12. The number of benzene rings is 2. The molecule has 0 aliphatic carbocycles. The number of carbonyl (C=O) groups is 1. The third-order valence-corrected chi connectivity index (χ3v) is 7.56. The van der Waals surface area contributed by atoms with Gasteiger partial charge in [0.15, 0.2) is 23.6 Å². The number of phenols is 1. The molecule has 244 valence electrons. The first kappa shape index (κ1) is 33.8. The number of hydrogen-bond acceptors (Lipinski definition) is 15. The highest BCUT2D eigenvalue weighted by molar-refractivity contribution is 6.02. The zero-order valence-corrected chi connectivity index (χ0v) is 24.0. The van der Waals surface area contributed by atoms with Crippen molar-refractivity contribution >= 4 is 5.78 Å². The van der Waals surface area contributed by atoms with Crippen LogP contribution >= 0.6 is 0 Å². The summed E-state index contributed by atoms with van der Waals surface area (Å²) in [5.74, 6) is -1.62. The van der Waals surface area contributed by atoms with Crippen molar-refractivity contribution in [3.8, 4) is 23.0 Å². The molecule has 2 heterocycles. The predicted octanol–water partition coefficient (Wildman–Crippen LogP) is -1.77. The van der Waals surface area contributed by atoms with Gasteiger partial charge < -0.3 is 69.3 Å². The maximum Gasteiger partial charge on any atom is 0.229 e. The highest BCUT2D eigenvalue weighted by Crippen LogP contribution is 2.46. The Hall–Kier alpha value is -3.09. The van der Waals surface area contributed by atoms with Gasteiger partial charge in [0.1, 0.15) is 60.1 Å². The van der Waals surface area contributed by atoms with E-state index in [1.165, 1.54) is 20.3 Å². The van der Waals surface area contributed by atoms with E-state index in [1.807, 2.05) is 30.3 Å². The number of aliphatic hydroxyl groups excluding tert-OH is 7. The molecule has 0 spiro atoms. The number of ether oxygens (including phenoxy) is 6. The molecule has 44 heavy (non-hydrogen) atoms. The zero-order valence-electron chi connectivity index (χ0n) is 24.0. The molecule has 2 aromatic rings. The van der Waals surface area contributed by atoms with Crippen molar-refractivity contribution in [3.63, 3.8) is 0 Å². The molecule has 0 bridgehead atoms. The average Bonchev–Trinajstić information content (AvgIpc) is 3.03. The average molecular weight is 627 g/mol. The van der Waals surface area contributed by atoms with E-state index in [0.29, 0.717) is 6.42 Å². The van der Waals surface area contributed by atoms with Crippen LogP contribution in [-0.2, 0) is 20.6 Å². The third-order valence-electron chi connectivity index (χ3n) is 7.56. The van der Waals surface area contributed by atoms with E-state index in [9.17, 15) is 45.6 Å². The minimum atomic E-state index is -1.82. The second-order valence-electron chi connectivity index (χ2n) is 10.4. The largest absolute Gasteiger partial charge is 0.504 e. The number of phenolic OH excluding ortho intramolecular Hbond substituents is 1. The lowest BCUT2D eigenvalue weighted by molar-refractivity contribution is -0.323. The van der Waals surface area contributed by atoms with E-state index >= 15 is 0 Å². The quantitative estimate of drug-likeness (QED) is 0.122. The van der Waals surface area contributed by atoms with Gasteiger partial charge in [-0.1, -0.05) is 30.3 Å². The van der Waals surface area contributed by atoms with Crippen LogP contribution in [0.15, 0.2) is 36.4 Å². The fraction of sp³-hybridized carbons (Fsp3) is 0.552. The summed E-state index contributed by atoms with van der Waals surface area (Å²) in [6.07, 6.45) is -15.9. The normalized spacial score (nSPS) is 32.2. The number of Topliss-reactive ketones (excluding diaryl/α,β-unsaturated/α-hetero) is 1. The first-order valence-electron chi connectivity index (χ1n) is 13.9. The van der Waals surface area contributed by atoms with Crippen LogP contribution in [0.5, 0.6) is 23.0 Å². The number of carbonyl (C=O) groups excluding carboxylic acids is 1. The van der Waals surface area contributed by atoms with Gasteiger partial charge in [-0.15, -0.1) is 0 Å². The number of hydrogen-bond donors (Lipinski definition) is 8. The van der Waals surface area contributed by atoms with E-state index in [4.69, 9.17) is 28.4 Å². The third kappa shape index (κ3) is 7.07. The molecule has 4 unspecified atom stereocenters. The molecule has 0 saturated carbocycles. The van der Waals surface area contributed by atoms with Crippen LogP contribution in [0.25, 0.3) is 0 Å². The number of aromatic hydroxyl groups is 1. The number of aliphatic hydroxyl groups is 7. The highest BCUT2D eigenvalue weighted by atomic mass is 16.7. The van der Waals surface area contributed by atoms with Gasteiger partial charge in [-0.25, -0.2) is 0 Å². The Labute approximate surface area is 252 Å². The van der Waals surface area contributed by atoms with Gasteiger partial charge in [-0.3, -0.25) is 4.79 Å². The Balaban J connectivity index is 1.50. The number of aryl methyl sites for hydroxylation is 1. The molecule has 0 radical (unpaired) electrons. The van der Waals surface area contributed by atoms with Crippen LogP contribution in [0.2, 0.25) is 0 Å². The van der Waals surface area contributed by atoms with Crippen LogP contribution in [-0.4, -0.2) is 135 Å². The number of ketones is 1. The SMILES string of the molecule is COc1cc(O[C@@H]2OC(CO[C@@H]3OC(CO)[C@@H](O)[C@H](O)C3O)[C@@H](O)[C@H](O)C2O)c(OC)c(O)c1C(=O)CCc1ccccc1. The molecule has 8 N–H and O–H groups in total. The Morgan fingerprint density at radius 1 is 0.795 bits per heavy atom. The summed E-state index contributed by atoms with van der Waals surface area (Å²) in [6.45, 7) is -1.27. The maximum absolute atomic E-state index is 13.1. The minimum Gasteiger partial charge on any atom is -0.504 e. The zero-order chi connectivity index (χ0) is 32.1. The van der Waals surface area contributed by atoms with Crippen LogP contribution < -0.4 is 14.2 Å². The molecule has 2 aliphatic rings. The summed E-state index contributed by atoms with van der Waals surface area (Å²) >= 11 is 0. The fourth-order valence-electron chi connectivity index (χ4n) is 5.02. The maximum atomic E-state index is 13.1. The molecule has 15 nitrogen and oxygen atoms in total. The fourth-order valence-corrected chi connectivity index (χ4v) is 5.02. The van der Waals surface area contributed by atoms with Crippen LogP contribution in [0.1, 0.15) is 22.3 Å². The lowest BCUT2D eigenvalue weighted by Gasteiger charge is -2.42. The van der Waals surface area contributed by atoms with Crippen molar-refractivity contribution in [3.05, 3.63) is 47.5 Å².